The standard InChI is InChI=1S/C33H40ClN3O4S/c1-25-29(34)19-11-20-30(25)37(42(2,40)41)22-12-21-32(38)36(24-27-15-7-4-8-16-27)31(23-26-13-5-3-6-14-26)33(39)35-28-17-9-10-18-28/h3-8,11,13-16,19-20,28,31H,9-10,12,17-18,21-24H2,1-2H3,(H,35,39)/t31-/m0/s1. The molecule has 1 aliphatic rings. The van der Waals surface area contributed by atoms with Crippen LogP contribution in [-0.4, -0.2) is 50.0 Å². The van der Waals surface area contributed by atoms with Crippen molar-refractivity contribution in [2.45, 2.75) is 70.5 Å². The third-order valence-electron chi connectivity index (χ3n) is 7.83. The molecule has 1 aliphatic carbocycles. The Kier molecular flexibility index (Phi) is 11.0. The number of nitrogens with one attached hydrogen (secondary N) is 1. The van der Waals surface area contributed by atoms with Gasteiger partial charge in [0, 0.05) is 37.0 Å². The summed E-state index contributed by atoms with van der Waals surface area (Å²) in [6.45, 7) is 2.17. The first-order chi connectivity index (χ1) is 20.1. The molecule has 3 aromatic carbocycles. The fourth-order valence-electron chi connectivity index (χ4n) is 5.55. The highest BCUT2D eigenvalue weighted by molar-refractivity contribution is 7.92. The molecule has 2 amide bonds. The van der Waals surface area contributed by atoms with Crippen LogP contribution in [0, 0.1) is 6.92 Å². The van der Waals surface area contributed by atoms with Crippen LogP contribution in [0.5, 0.6) is 0 Å². The Labute approximate surface area is 254 Å². The highest BCUT2D eigenvalue weighted by Gasteiger charge is 2.32. The van der Waals surface area contributed by atoms with Crippen molar-refractivity contribution in [3.63, 3.8) is 0 Å². The second-order valence-electron chi connectivity index (χ2n) is 11.0. The predicted octanol–water partition coefficient (Wildman–Crippen LogP) is 5.89. The maximum atomic E-state index is 14.0. The largest absolute Gasteiger partial charge is 0.352 e. The normalized spacial score (nSPS) is 14.4. The molecule has 224 valence electrons. The zero-order valence-corrected chi connectivity index (χ0v) is 25.9. The van der Waals surface area contributed by atoms with Gasteiger partial charge in [-0.15, -0.1) is 0 Å². The van der Waals surface area contributed by atoms with E-state index in [0.29, 0.717) is 22.7 Å². The van der Waals surface area contributed by atoms with Gasteiger partial charge in [-0.3, -0.25) is 13.9 Å². The van der Waals surface area contributed by atoms with E-state index in [1.165, 1.54) is 4.31 Å². The molecule has 1 N–H and O–H groups in total. The first-order valence-corrected chi connectivity index (χ1v) is 16.8. The summed E-state index contributed by atoms with van der Waals surface area (Å²) in [5, 5.41) is 3.69. The minimum atomic E-state index is -3.62. The van der Waals surface area contributed by atoms with Crippen molar-refractivity contribution in [2.75, 3.05) is 17.1 Å². The molecule has 0 heterocycles. The number of sulfonamides is 1. The van der Waals surface area contributed by atoms with Gasteiger partial charge >= 0.3 is 0 Å². The Bertz CT molecular complexity index is 1440. The van der Waals surface area contributed by atoms with E-state index in [1.54, 1.807) is 30.0 Å². The number of rotatable bonds is 13. The van der Waals surface area contributed by atoms with Crippen LogP contribution in [0.15, 0.2) is 78.9 Å². The van der Waals surface area contributed by atoms with Crippen molar-refractivity contribution in [2.24, 2.45) is 0 Å². The molecule has 9 heteroatoms. The molecule has 0 bridgehead atoms. The van der Waals surface area contributed by atoms with Crippen LogP contribution in [0.25, 0.3) is 0 Å². The highest BCUT2D eigenvalue weighted by atomic mass is 35.5. The zero-order chi connectivity index (χ0) is 30.1. The number of carbonyl (C=O) groups is 2. The van der Waals surface area contributed by atoms with Gasteiger partial charge in [0.1, 0.15) is 6.04 Å². The molecule has 0 aromatic heterocycles. The van der Waals surface area contributed by atoms with Crippen molar-refractivity contribution < 1.29 is 18.0 Å². The van der Waals surface area contributed by atoms with Gasteiger partial charge in [0.25, 0.3) is 0 Å². The third kappa shape index (κ3) is 8.58. The molecule has 0 radical (unpaired) electrons. The third-order valence-corrected chi connectivity index (χ3v) is 9.42. The molecule has 0 aliphatic heterocycles. The van der Waals surface area contributed by atoms with Gasteiger partial charge in [0.2, 0.25) is 21.8 Å². The van der Waals surface area contributed by atoms with Crippen molar-refractivity contribution in [1.29, 1.82) is 0 Å². The van der Waals surface area contributed by atoms with E-state index in [2.05, 4.69) is 5.32 Å². The lowest BCUT2D eigenvalue weighted by atomic mass is 10.0. The number of carbonyl (C=O) groups excluding carboxylic acids is 2. The molecule has 1 saturated carbocycles. The average Bonchev–Trinajstić information content (AvgIpc) is 3.48. The summed E-state index contributed by atoms with van der Waals surface area (Å²) in [6.07, 6.45) is 5.97. The summed E-state index contributed by atoms with van der Waals surface area (Å²) < 4.78 is 26.8. The molecule has 1 atom stereocenters. The van der Waals surface area contributed by atoms with Gasteiger partial charge < -0.3 is 10.2 Å². The monoisotopic (exact) mass is 609 g/mol. The first kappa shape index (κ1) is 31.6. The van der Waals surface area contributed by atoms with E-state index in [1.807, 2.05) is 60.7 Å². The minimum absolute atomic E-state index is 0.0838. The van der Waals surface area contributed by atoms with Gasteiger partial charge in [0.15, 0.2) is 0 Å². The van der Waals surface area contributed by atoms with Crippen molar-refractivity contribution >= 4 is 39.1 Å². The lowest BCUT2D eigenvalue weighted by Gasteiger charge is -2.33. The number of amides is 2. The Morgan fingerprint density at radius 2 is 1.55 bits per heavy atom. The van der Waals surface area contributed by atoms with Crippen LogP contribution in [-0.2, 0) is 32.6 Å². The molecule has 0 spiro atoms. The zero-order valence-electron chi connectivity index (χ0n) is 24.3. The van der Waals surface area contributed by atoms with Crippen LogP contribution < -0.4 is 9.62 Å². The first-order valence-electron chi connectivity index (χ1n) is 14.5. The molecule has 7 nitrogen and oxygen atoms in total. The second kappa shape index (κ2) is 14.7. The number of hydrogen-bond acceptors (Lipinski definition) is 4. The molecule has 0 unspecified atom stereocenters. The summed E-state index contributed by atoms with van der Waals surface area (Å²) in [5.41, 5.74) is 3.05. The van der Waals surface area contributed by atoms with Gasteiger partial charge in [-0.2, -0.15) is 0 Å². The molecule has 1 fully saturated rings. The molecular formula is C33H40ClN3O4S. The summed E-state index contributed by atoms with van der Waals surface area (Å²) in [4.78, 5) is 29.4. The number of benzene rings is 3. The van der Waals surface area contributed by atoms with Crippen LogP contribution in [0.4, 0.5) is 5.69 Å². The smallest absolute Gasteiger partial charge is 0.243 e. The van der Waals surface area contributed by atoms with Crippen LogP contribution in [0.2, 0.25) is 5.02 Å². The molecular weight excluding hydrogens is 570 g/mol. The summed E-state index contributed by atoms with van der Waals surface area (Å²) in [6, 6.07) is 23.9. The summed E-state index contributed by atoms with van der Waals surface area (Å²) in [7, 11) is -3.62. The lowest BCUT2D eigenvalue weighted by molar-refractivity contribution is -0.141. The molecule has 3 aromatic rings. The fourth-order valence-corrected chi connectivity index (χ4v) is 6.74. The van der Waals surface area contributed by atoms with E-state index in [9.17, 15) is 18.0 Å². The molecule has 0 saturated heterocycles. The molecule has 4 rings (SSSR count). The van der Waals surface area contributed by atoms with Gasteiger partial charge in [-0.05, 0) is 55.0 Å². The van der Waals surface area contributed by atoms with Crippen molar-refractivity contribution in [3.05, 3.63) is 101 Å². The van der Waals surface area contributed by atoms with E-state index in [4.69, 9.17) is 11.6 Å². The Morgan fingerprint density at radius 1 is 0.929 bits per heavy atom. The van der Waals surface area contributed by atoms with Gasteiger partial charge in [-0.25, -0.2) is 8.42 Å². The van der Waals surface area contributed by atoms with E-state index >= 15 is 0 Å². The van der Waals surface area contributed by atoms with Crippen LogP contribution >= 0.6 is 11.6 Å². The van der Waals surface area contributed by atoms with Crippen molar-refractivity contribution in [1.82, 2.24) is 10.2 Å². The van der Waals surface area contributed by atoms with Gasteiger partial charge in [0.05, 0.1) is 11.9 Å². The van der Waals surface area contributed by atoms with E-state index in [-0.39, 0.29) is 43.8 Å². The van der Waals surface area contributed by atoms with Crippen LogP contribution in [0.1, 0.15) is 55.2 Å². The minimum Gasteiger partial charge on any atom is -0.352 e. The fraction of sp³-hybridized carbons (Fsp3) is 0.394. The predicted molar refractivity (Wildman–Crippen MR) is 169 cm³/mol. The number of halogens is 1. The second-order valence-corrected chi connectivity index (χ2v) is 13.3. The number of hydrogen-bond donors (Lipinski definition) is 1. The Morgan fingerprint density at radius 3 is 2.17 bits per heavy atom. The summed E-state index contributed by atoms with van der Waals surface area (Å²) in [5.74, 6) is -0.347. The highest BCUT2D eigenvalue weighted by Crippen LogP contribution is 2.29. The van der Waals surface area contributed by atoms with E-state index in [0.717, 1.165) is 43.1 Å². The topological polar surface area (TPSA) is 86.8 Å². The lowest BCUT2D eigenvalue weighted by Crippen LogP contribution is -2.52. The Hall–Kier alpha value is -3.36. The maximum Gasteiger partial charge on any atom is 0.243 e. The maximum absolute atomic E-state index is 14.0. The summed E-state index contributed by atoms with van der Waals surface area (Å²) >= 11 is 6.28. The van der Waals surface area contributed by atoms with E-state index < -0.39 is 16.1 Å². The SMILES string of the molecule is Cc1c(Cl)cccc1N(CCCC(=O)N(Cc1ccccc1)[C@@H](Cc1ccccc1)C(=O)NC1CCCC1)S(C)(=O)=O. The average molecular weight is 610 g/mol. The van der Waals surface area contributed by atoms with Crippen LogP contribution in [0.3, 0.4) is 0 Å². The van der Waals surface area contributed by atoms with Gasteiger partial charge in [-0.1, -0.05) is 91.2 Å². The Balaban J connectivity index is 1.58. The van der Waals surface area contributed by atoms with Crippen molar-refractivity contribution in [3.8, 4) is 0 Å². The number of nitrogens with zero attached hydrogens (tertiary/aromatic N) is 2. The number of anilines is 1. The molecule has 42 heavy (non-hydrogen) atoms. The quantitative estimate of drug-likeness (QED) is 0.262.